The van der Waals surface area contributed by atoms with Gasteiger partial charge >= 0.3 is 0 Å². The second-order valence-corrected chi connectivity index (χ2v) is 3.99. The number of H-pyrrole nitrogens is 1. The lowest BCUT2D eigenvalue weighted by Gasteiger charge is -2.01. The van der Waals surface area contributed by atoms with Gasteiger partial charge in [0.15, 0.2) is 0 Å². The third kappa shape index (κ3) is 1.54. The Bertz CT molecular complexity index is 722. The highest BCUT2D eigenvalue weighted by Gasteiger charge is 2.07. The van der Waals surface area contributed by atoms with Crippen molar-refractivity contribution >= 4 is 5.52 Å². The van der Waals surface area contributed by atoms with Gasteiger partial charge in [-0.1, -0.05) is 29.8 Å². The zero-order chi connectivity index (χ0) is 11.8. The van der Waals surface area contributed by atoms with E-state index in [1.54, 1.807) is 23.0 Å². The summed E-state index contributed by atoms with van der Waals surface area (Å²) in [4.78, 5) is 18.5. The molecule has 0 unspecified atom stereocenters. The van der Waals surface area contributed by atoms with Crippen molar-refractivity contribution in [2.24, 2.45) is 0 Å². The number of hydrogen-bond donors (Lipinski definition) is 1. The molecule has 2 aromatic heterocycles. The highest BCUT2D eigenvalue weighted by atomic mass is 16.1. The van der Waals surface area contributed by atoms with E-state index in [4.69, 9.17) is 0 Å². The number of aromatic amines is 1. The topological polar surface area (TPSA) is 50.2 Å². The molecule has 0 spiro atoms. The van der Waals surface area contributed by atoms with Crippen LogP contribution in [-0.4, -0.2) is 14.4 Å². The minimum Gasteiger partial charge on any atom is -0.326 e. The summed E-state index contributed by atoms with van der Waals surface area (Å²) in [5.41, 5.74) is 2.63. The molecule has 0 atom stereocenters. The van der Waals surface area contributed by atoms with Crippen molar-refractivity contribution in [2.45, 2.75) is 6.92 Å². The fourth-order valence-corrected chi connectivity index (χ4v) is 1.86. The van der Waals surface area contributed by atoms with Gasteiger partial charge in [-0.3, -0.25) is 9.20 Å². The zero-order valence-electron chi connectivity index (χ0n) is 9.34. The van der Waals surface area contributed by atoms with Crippen molar-refractivity contribution in [1.82, 2.24) is 14.4 Å². The van der Waals surface area contributed by atoms with Gasteiger partial charge in [0.25, 0.3) is 5.56 Å². The largest absolute Gasteiger partial charge is 0.326 e. The van der Waals surface area contributed by atoms with Crippen molar-refractivity contribution in [3.05, 3.63) is 58.8 Å². The number of aryl methyl sites for hydroxylation is 1. The summed E-state index contributed by atoms with van der Waals surface area (Å²) in [5, 5.41) is 0. The number of fused-ring (bicyclic) bond motifs is 1. The molecule has 0 aliphatic carbocycles. The molecule has 4 nitrogen and oxygen atoms in total. The Morgan fingerprint density at radius 1 is 1.24 bits per heavy atom. The molecule has 0 aliphatic rings. The first-order valence-corrected chi connectivity index (χ1v) is 5.37. The Morgan fingerprint density at radius 2 is 2.00 bits per heavy atom. The Labute approximate surface area is 97.6 Å². The molecule has 3 aromatic rings. The predicted molar refractivity (Wildman–Crippen MR) is 66.0 cm³/mol. The molecule has 0 saturated carbocycles. The van der Waals surface area contributed by atoms with Crippen LogP contribution in [0.2, 0.25) is 0 Å². The zero-order valence-corrected chi connectivity index (χ0v) is 9.34. The monoisotopic (exact) mass is 225 g/mol. The molecule has 0 saturated heterocycles. The molecule has 84 valence electrons. The third-order valence-electron chi connectivity index (χ3n) is 2.78. The minimum absolute atomic E-state index is 0.127. The van der Waals surface area contributed by atoms with E-state index in [-0.39, 0.29) is 5.56 Å². The molecule has 0 radical (unpaired) electrons. The van der Waals surface area contributed by atoms with Gasteiger partial charge in [-0.05, 0) is 6.92 Å². The summed E-state index contributed by atoms with van der Waals surface area (Å²) in [6.07, 6.45) is 5.02. The van der Waals surface area contributed by atoms with Crippen LogP contribution in [-0.2, 0) is 0 Å². The van der Waals surface area contributed by atoms with E-state index in [1.807, 2.05) is 31.2 Å². The van der Waals surface area contributed by atoms with Gasteiger partial charge in [-0.25, -0.2) is 4.98 Å². The van der Waals surface area contributed by atoms with Gasteiger partial charge in [0.1, 0.15) is 11.3 Å². The summed E-state index contributed by atoms with van der Waals surface area (Å²) in [6.45, 7) is 2.04. The van der Waals surface area contributed by atoms with Gasteiger partial charge in [0.05, 0.1) is 6.20 Å². The normalized spacial score (nSPS) is 10.9. The number of hydrogen-bond acceptors (Lipinski definition) is 2. The van der Waals surface area contributed by atoms with Gasteiger partial charge in [-0.2, -0.15) is 0 Å². The van der Waals surface area contributed by atoms with E-state index in [0.29, 0.717) is 5.52 Å². The number of nitrogens with zero attached hydrogens (tertiary/aromatic N) is 2. The van der Waals surface area contributed by atoms with Crippen LogP contribution in [0.1, 0.15) is 5.56 Å². The number of imidazole rings is 1. The minimum atomic E-state index is -0.127. The summed E-state index contributed by atoms with van der Waals surface area (Å²) in [6, 6.07) is 8.07. The van der Waals surface area contributed by atoms with Crippen LogP contribution in [0, 0.1) is 6.92 Å². The number of aromatic nitrogens is 3. The predicted octanol–water partition coefficient (Wildman–Crippen LogP) is 2.00. The van der Waals surface area contributed by atoms with Crippen LogP contribution in [0.3, 0.4) is 0 Å². The van der Waals surface area contributed by atoms with Crippen molar-refractivity contribution < 1.29 is 0 Å². The molecule has 4 heteroatoms. The first-order chi connectivity index (χ1) is 8.25. The molecule has 0 fully saturated rings. The first-order valence-electron chi connectivity index (χ1n) is 5.37. The molecule has 1 aromatic carbocycles. The standard InChI is InChI=1S/C13H11N3O/c1-9-2-4-10(5-3-9)12-15-8-11-13(17)14-6-7-16(11)12/h2-8H,1H3,(H,14,17). The molecule has 3 rings (SSSR count). The number of rotatable bonds is 1. The highest BCUT2D eigenvalue weighted by molar-refractivity contribution is 5.61. The second-order valence-electron chi connectivity index (χ2n) is 3.99. The van der Waals surface area contributed by atoms with E-state index in [9.17, 15) is 4.79 Å². The SMILES string of the molecule is Cc1ccc(-c2ncc3c(=O)[nH]ccn23)cc1. The van der Waals surface area contributed by atoms with Crippen LogP contribution in [0.4, 0.5) is 0 Å². The van der Waals surface area contributed by atoms with Crippen molar-refractivity contribution in [1.29, 1.82) is 0 Å². The molecule has 0 aliphatic heterocycles. The van der Waals surface area contributed by atoms with E-state index in [0.717, 1.165) is 11.4 Å². The van der Waals surface area contributed by atoms with E-state index >= 15 is 0 Å². The smallest absolute Gasteiger partial charge is 0.273 e. The van der Waals surface area contributed by atoms with Gasteiger partial charge in [-0.15, -0.1) is 0 Å². The Hall–Kier alpha value is -2.36. The molecule has 0 amide bonds. The van der Waals surface area contributed by atoms with Gasteiger partial charge < -0.3 is 4.98 Å². The maximum atomic E-state index is 11.6. The first kappa shape index (κ1) is 9.84. The molecule has 1 N–H and O–H groups in total. The molecular formula is C13H11N3O. The summed E-state index contributed by atoms with van der Waals surface area (Å²) in [7, 11) is 0. The van der Waals surface area contributed by atoms with Crippen molar-refractivity contribution in [2.75, 3.05) is 0 Å². The fourth-order valence-electron chi connectivity index (χ4n) is 1.86. The van der Waals surface area contributed by atoms with E-state index < -0.39 is 0 Å². The molecule has 17 heavy (non-hydrogen) atoms. The quantitative estimate of drug-likeness (QED) is 0.688. The molecular weight excluding hydrogens is 214 g/mol. The Morgan fingerprint density at radius 3 is 2.76 bits per heavy atom. The van der Waals surface area contributed by atoms with Gasteiger partial charge in [0, 0.05) is 18.0 Å². The summed E-state index contributed by atoms with van der Waals surface area (Å²) in [5.74, 6) is 0.783. The average molecular weight is 225 g/mol. The van der Waals surface area contributed by atoms with E-state index in [2.05, 4.69) is 9.97 Å². The van der Waals surface area contributed by atoms with Crippen LogP contribution < -0.4 is 5.56 Å². The third-order valence-corrected chi connectivity index (χ3v) is 2.78. The maximum absolute atomic E-state index is 11.6. The number of benzene rings is 1. The highest BCUT2D eigenvalue weighted by Crippen LogP contribution is 2.18. The van der Waals surface area contributed by atoms with E-state index in [1.165, 1.54) is 5.56 Å². The Kier molecular flexibility index (Phi) is 2.08. The maximum Gasteiger partial charge on any atom is 0.273 e. The van der Waals surface area contributed by atoms with Crippen LogP contribution >= 0.6 is 0 Å². The van der Waals surface area contributed by atoms with Crippen LogP contribution in [0.15, 0.2) is 47.7 Å². The van der Waals surface area contributed by atoms with Crippen LogP contribution in [0.25, 0.3) is 16.9 Å². The van der Waals surface area contributed by atoms with Crippen molar-refractivity contribution in [3.63, 3.8) is 0 Å². The fraction of sp³-hybridized carbons (Fsp3) is 0.0769. The second kappa shape index (κ2) is 3.59. The average Bonchev–Trinajstić information content (AvgIpc) is 2.75. The Balaban J connectivity index is 2.28. The van der Waals surface area contributed by atoms with Gasteiger partial charge in [0.2, 0.25) is 0 Å². The lowest BCUT2D eigenvalue weighted by atomic mass is 10.1. The summed E-state index contributed by atoms with van der Waals surface area (Å²) >= 11 is 0. The lowest BCUT2D eigenvalue weighted by Crippen LogP contribution is -2.07. The summed E-state index contributed by atoms with van der Waals surface area (Å²) < 4.78 is 1.80. The van der Waals surface area contributed by atoms with Crippen molar-refractivity contribution in [3.8, 4) is 11.4 Å². The molecule has 0 bridgehead atoms. The lowest BCUT2D eigenvalue weighted by molar-refractivity contribution is 1.10. The van der Waals surface area contributed by atoms with Crippen LogP contribution in [0.5, 0.6) is 0 Å². The molecule has 2 heterocycles. The number of nitrogens with one attached hydrogen (secondary N) is 1.